The molecule has 1 aromatic carbocycles. The lowest BCUT2D eigenvalue weighted by Crippen LogP contribution is -2.00. The van der Waals surface area contributed by atoms with Crippen LogP contribution in [0.2, 0.25) is 5.02 Å². The van der Waals surface area contributed by atoms with Gasteiger partial charge in [0, 0.05) is 17.4 Å². The first-order valence-corrected chi connectivity index (χ1v) is 4.68. The van der Waals surface area contributed by atoms with Crippen LogP contribution >= 0.6 is 11.6 Å². The molecule has 13 heavy (non-hydrogen) atoms. The molecule has 0 unspecified atom stereocenters. The van der Waals surface area contributed by atoms with E-state index >= 15 is 0 Å². The topological polar surface area (TPSA) is 29.5 Å². The van der Waals surface area contributed by atoms with Gasteiger partial charge in [0.25, 0.3) is 0 Å². The Hall–Kier alpha value is -0.570. The second-order valence-corrected chi connectivity index (χ2v) is 3.71. The Morgan fingerprint density at radius 3 is 2.54 bits per heavy atom. The van der Waals surface area contributed by atoms with E-state index in [1.54, 1.807) is 0 Å². The predicted octanol–water partition coefficient (Wildman–Crippen LogP) is 2.16. The van der Waals surface area contributed by atoms with Gasteiger partial charge in [-0.2, -0.15) is 0 Å². The molecule has 1 aliphatic heterocycles. The minimum absolute atomic E-state index is 0.312. The number of aliphatic hydroxyl groups is 1. The monoisotopic (exact) mass is 198 g/mol. The standard InChI is InChI=1S/C10H11ClO2/c11-9-3-1-7(2-4-9)8-5-10(12)13-6-8/h1-4,8,10,12H,5-6H2/t8-,10+/m0/s1. The van der Waals surface area contributed by atoms with Crippen LogP contribution in [0.5, 0.6) is 0 Å². The van der Waals surface area contributed by atoms with Gasteiger partial charge in [0.05, 0.1) is 6.61 Å². The summed E-state index contributed by atoms with van der Waals surface area (Å²) in [6, 6.07) is 7.69. The van der Waals surface area contributed by atoms with Crippen molar-refractivity contribution in [2.24, 2.45) is 0 Å². The summed E-state index contributed by atoms with van der Waals surface area (Å²) >= 11 is 5.77. The van der Waals surface area contributed by atoms with Crippen LogP contribution in [0, 0.1) is 0 Å². The number of rotatable bonds is 1. The zero-order valence-electron chi connectivity index (χ0n) is 7.11. The maximum atomic E-state index is 9.17. The third kappa shape index (κ3) is 2.02. The van der Waals surface area contributed by atoms with Gasteiger partial charge in [0.15, 0.2) is 6.29 Å². The average molecular weight is 199 g/mol. The van der Waals surface area contributed by atoms with Crippen molar-refractivity contribution in [2.75, 3.05) is 6.61 Å². The molecular weight excluding hydrogens is 188 g/mol. The van der Waals surface area contributed by atoms with Crippen LogP contribution in [0.25, 0.3) is 0 Å². The summed E-state index contributed by atoms with van der Waals surface area (Å²) in [7, 11) is 0. The molecule has 0 saturated carbocycles. The van der Waals surface area contributed by atoms with Gasteiger partial charge in [-0.1, -0.05) is 23.7 Å². The van der Waals surface area contributed by atoms with E-state index in [4.69, 9.17) is 21.4 Å². The number of ether oxygens (including phenoxy) is 1. The van der Waals surface area contributed by atoms with Crippen molar-refractivity contribution in [3.8, 4) is 0 Å². The molecule has 1 heterocycles. The molecule has 0 radical (unpaired) electrons. The summed E-state index contributed by atoms with van der Waals surface area (Å²) in [5.41, 5.74) is 1.18. The van der Waals surface area contributed by atoms with Crippen LogP contribution in [-0.2, 0) is 4.74 Å². The molecule has 0 aromatic heterocycles. The summed E-state index contributed by atoms with van der Waals surface area (Å²) in [5, 5.41) is 9.91. The first-order chi connectivity index (χ1) is 6.25. The molecule has 1 aromatic rings. The fourth-order valence-electron chi connectivity index (χ4n) is 1.57. The lowest BCUT2D eigenvalue weighted by atomic mass is 9.98. The predicted molar refractivity (Wildman–Crippen MR) is 50.8 cm³/mol. The fraction of sp³-hybridized carbons (Fsp3) is 0.400. The Labute approximate surface area is 82.1 Å². The average Bonchev–Trinajstić information content (AvgIpc) is 2.53. The van der Waals surface area contributed by atoms with E-state index in [1.165, 1.54) is 5.56 Å². The molecule has 70 valence electrons. The number of hydrogen-bond acceptors (Lipinski definition) is 2. The molecule has 1 N–H and O–H groups in total. The van der Waals surface area contributed by atoms with Crippen molar-refractivity contribution in [2.45, 2.75) is 18.6 Å². The van der Waals surface area contributed by atoms with E-state index in [0.717, 1.165) is 5.02 Å². The molecule has 0 bridgehead atoms. The minimum Gasteiger partial charge on any atom is -0.368 e. The highest BCUT2D eigenvalue weighted by Crippen LogP contribution is 2.28. The Morgan fingerprint density at radius 1 is 1.31 bits per heavy atom. The summed E-state index contributed by atoms with van der Waals surface area (Å²) in [6.45, 7) is 0.600. The van der Waals surface area contributed by atoms with Crippen LogP contribution in [0.4, 0.5) is 0 Å². The smallest absolute Gasteiger partial charge is 0.155 e. The Kier molecular flexibility index (Phi) is 2.54. The summed E-state index contributed by atoms with van der Waals surface area (Å²) in [5.74, 6) is 0.312. The molecule has 2 nitrogen and oxygen atoms in total. The van der Waals surface area contributed by atoms with Crippen LogP contribution in [0.3, 0.4) is 0 Å². The summed E-state index contributed by atoms with van der Waals surface area (Å²) < 4.78 is 5.07. The maximum absolute atomic E-state index is 9.17. The van der Waals surface area contributed by atoms with Crippen molar-refractivity contribution in [3.63, 3.8) is 0 Å². The highest BCUT2D eigenvalue weighted by Gasteiger charge is 2.24. The third-order valence-electron chi connectivity index (χ3n) is 2.32. The lowest BCUT2D eigenvalue weighted by Gasteiger charge is -2.06. The summed E-state index contributed by atoms with van der Waals surface area (Å²) in [4.78, 5) is 0. The second-order valence-electron chi connectivity index (χ2n) is 3.27. The molecule has 2 rings (SSSR count). The Morgan fingerprint density at radius 2 is 2.00 bits per heavy atom. The number of benzene rings is 1. The highest BCUT2D eigenvalue weighted by atomic mass is 35.5. The zero-order chi connectivity index (χ0) is 9.26. The molecule has 0 spiro atoms. The van der Waals surface area contributed by atoms with E-state index in [9.17, 15) is 0 Å². The largest absolute Gasteiger partial charge is 0.368 e. The molecule has 0 aliphatic carbocycles. The molecule has 1 saturated heterocycles. The van der Waals surface area contributed by atoms with Gasteiger partial charge in [-0.25, -0.2) is 0 Å². The maximum Gasteiger partial charge on any atom is 0.155 e. The van der Waals surface area contributed by atoms with Gasteiger partial charge in [0.2, 0.25) is 0 Å². The van der Waals surface area contributed by atoms with E-state index in [1.807, 2.05) is 24.3 Å². The third-order valence-corrected chi connectivity index (χ3v) is 2.57. The molecular formula is C10H11ClO2. The fourth-order valence-corrected chi connectivity index (χ4v) is 1.70. The lowest BCUT2D eigenvalue weighted by molar-refractivity contribution is -0.0589. The summed E-state index contributed by atoms with van der Waals surface area (Å²) in [6.07, 6.45) is 0.0856. The quantitative estimate of drug-likeness (QED) is 0.750. The van der Waals surface area contributed by atoms with E-state index in [-0.39, 0.29) is 0 Å². The molecule has 3 heteroatoms. The van der Waals surface area contributed by atoms with E-state index in [0.29, 0.717) is 18.9 Å². The second kappa shape index (κ2) is 3.66. The van der Waals surface area contributed by atoms with Crippen molar-refractivity contribution in [1.82, 2.24) is 0 Å². The first kappa shape index (κ1) is 9.00. The van der Waals surface area contributed by atoms with Gasteiger partial charge in [-0.3, -0.25) is 0 Å². The van der Waals surface area contributed by atoms with Gasteiger partial charge in [0.1, 0.15) is 0 Å². The Balaban J connectivity index is 2.13. The molecule has 1 aliphatic rings. The van der Waals surface area contributed by atoms with Crippen molar-refractivity contribution < 1.29 is 9.84 Å². The van der Waals surface area contributed by atoms with Crippen LogP contribution in [0.15, 0.2) is 24.3 Å². The SMILES string of the molecule is O[C@H]1C[C@H](c2ccc(Cl)cc2)CO1. The van der Waals surface area contributed by atoms with Crippen molar-refractivity contribution in [1.29, 1.82) is 0 Å². The van der Waals surface area contributed by atoms with E-state index < -0.39 is 6.29 Å². The van der Waals surface area contributed by atoms with Gasteiger partial charge in [-0.15, -0.1) is 0 Å². The van der Waals surface area contributed by atoms with Gasteiger partial charge >= 0.3 is 0 Å². The molecule has 1 fully saturated rings. The van der Waals surface area contributed by atoms with Gasteiger partial charge in [-0.05, 0) is 17.7 Å². The van der Waals surface area contributed by atoms with Crippen LogP contribution < -0.4 is 0 Å². The minimum atomic E-state index is -0.597. The highest BCUT2D eigenvalue weighted by molar-refractivity contribution is 6.30. The number of hydrogen-bond donors (Lipinski definition) is 1. The van der Waals surface area contributed by atoms with Crippen molar-refractivity contribution >= 4 is 11.6 Å². The van der Waals surface area contributed by atoms with Gasteiger partial charge < -0.3 is 9.84 Å². The van der Waals surface area contributed by atoms with E-state index in [2.05, 4.69) is 0 Å². The molecule has 0 amide bonds. The Bertz CT molecular complexity index is 283. The zero-order valence-corrected chi connectivity index (χ0v) is 7.87. The number of aliphatic hydroxyl groups excluding tert-OH is 1. The first-order valence-electron chi connectivity index (χ1n) is 4.31. The van der Waals surface area contributed by atoms with Crippen LogP contribution in [-0.4, -0.2) is 18.0 Å². The normalized spacial score (nSPS) is 27.8. The van der Waals surface area contributed by atoms with Crippen molar-refractivity contribution in [3.05, 3.63) is 34.9 Å². The van der Waals surface area contributed by atoms with Crippen LogP contribution in [0.1, 0.15) is 17.9 Å². The molecule has 2 atom stereocenters. The number of halogens is 1.